The zero-order valence-electron chi connectivity index (χ0n) is 15.2. The van der Waals surface area contributed by atoms with Crippen LogP contribution in [-0.2, 0) is 11.2 Å². The highest BCUT2D eigenvalue weighted by atomic mass is 19.3. The third kappa shape index (κ3) is 4.71. The molecule has 1 unspecified atom stereocenters. The number of hydrogen-bond donors (Lipinski definition) is 1. The third-order valence-corrected chi connectivity index (χ3v) is 4.63. The van der Waals surface area contributed by atoms with Crippen LogP contribution in [0.2, 0.25) is 0 Å². The summed E-state index contributed by atoms with van der Waals surface area (Å²) in [6.45, 7) is -1.39. The quantitative estimate of drug-likeness (QED) is 0.832. The number of hydrogen-bond acceptors (Lipinski definition) is 4. The summed E-state index contributed by atoms with van der Waals surface area (Å²) in [5.74, 6) is -4.94. The van der Waals surface area contributed by atoms with E-state index in [1.165, 1.54) is 24.5 Å². The molecule has 29 heavy (non-hydrogen) atoms. The van der Waals surface area contributed by atoms with Crippen LogP contribution in [0.5, 0.6) is 0 Å². The van der Waals surface area contributed by atoms with E-state index in [2.05, 4.69) is 10.3 Å². The first-order valence-electron chi connectivity index (χ1n) is 8.82. The monoisotopic (exact) mass is 402 g/mol. The molecule has 0 spiro atoms. The lowest BCUT2D eigenvalue weighted by Gasteiger charge is -2.19. The van der Waals surface area contributed by atoms with Crippen molar-refractivity contribution >= 4 is 11.8 Å². The van der Waals surface area contributed by atoms with Crippen molar-refractivity contribution in [2.75, 3.05) is 13.1 Å². The van der Waals surface area contributed by atoms with E-state index in [0.29, 0.717) is 11.1 Å². The number of likely N-dealkylation sites (tertiary alicyclic amines) is 1. The second kappa shape index (κ2) is 8.31. The zero-order chi connectivity index (χ0) is 21.0. The number of nitrogens with zero attached hydrogens (tertiary/aromatic N) is 3. The summed E-state index contributed by atoms with van der Waals surface area (Å²) in [6.07, 6.45) is 2.20. The summed E-state index contributed by atoms with van der Waals surface area (Å²) < 4.78 is 40.9. The van der Waals surface area contributed by atoms with Crippen molar-refractivity contribution in [1.82, 2.24) is 15.2 Å². The summed E-state index contributed by atoms with van der Waals surface area (Å²) in [7, 11) is 0. The highest BCUT2D eigenvalue weighted by Gasteiger charge is 2.47. The lowest BCUT2D eigenvalue weighted by molar-refractivity contribution is -0.131. The molecule has 1 fully saturated rings. The first-order chi connectivity index (χ1) is 13.8. The Bertz CT molecular complexity index is 974. The number of alkyl halides is 2. The van der Waals surface area contributed by atoms with E-state index >= 15 is 0 Å². The van der Waals surface area contributed by atoms with Crippen LogP contribution in [0.3, 0.4) is 0 Å². The molecule has 1 atom stereocenters. The van der Waals surface area contributed by atoms with Gasteiger partial charge in [0.15, 0.2) is 0 Å². The van der Waals surface area contributed by atoms with Crippen molar-refractivity contribution in [3.05, 3.63) is 65.2 Å². The lowest BCUT2D eigenvalue weighted by Crippen LogP contribution is -2.43. The minimum atomic E-state index is -3.13. The average Bonchev–Trinajstić information content (AvgIpc) is 3.03. The largest absolute Gasteiger partial charge is 0.343 e. The van der Waals surface area contributed by atoms with Crippen LogP contribution in [0.4, 0.5) is 13.2 Å². The topological polar surface area (TPSA) is 86.1 Å². The van der Waals surface area contributed by atoms with Crippen molar-refractivity contribution in [3.63, 3.8) is 0 Å². The van der Waals surface area contributed by atoms with Gasteiger partial charge in [0.2, 0.25) is 5.91 Å². The van der Waals surface area contributed by atoms with Gasteiger partial charge in [-0.3, -0.25) is 14.6 Å². The SMILES string of the molecule is N#CC1CC(F)(F)CN1C(=O)CNC(=O)c1ccncc1Cc1ccccc1F. The van der Waals surface area contributed by atoms with E-state index in [-0.39, 0.29) is 12.0 Å². The first-order valence-corrected chi connectivity index (χ1v) is 8.82. The number of benzene rings is 1. The fraction of sp³-hybridized carbons (Fsp3) is 0.300. The molecule has 1 saturated heterocycles. The number of carbonyl (C=O) groups is 2. The number of aromatic nitrogens is 1. The van der Waals surface area contributed by atoms with Crippen LogP contribution in [0.15, 0.2) is 42.7 Å². The summed E-state index contributed by atoms with van der Waals surface area (Å²) in [6, 6.07) is 8.00. The Labute approximate surface area is 165 Å². The van der Waals surface area contributed by atoms with Gasteiger partial charge in [-0.25, -0.2) is 13.2 Å². The second-order valence-electron chi connectivity index (χ2n) is 6.71. The fourth-order valence-corrected chi connectivity index (χ4v) is 3.18. The van der Waals surface area contributed by atoms with Crippen LogP contribution in [-0.4, -0.2) is 46.8 Å². The normalized spacial score (nSPS) is 17.6. The molecule has 2 aromatic rings. The summed E-state index contributed by atoms with van der Waals surface area (Å²) in [4.78, 5) is 29.5. The van der Waals surface area contributed by atoms with Gasteiger partial charge in [-0.15, -0.1) is 0 Å². The van der Waals surface area contributed by atoms with Crippen LogP contribution in [0.1, 0.15) is 27.9 Å². The van der Waals surface area contributed by atoms with Gasteiger partial charge in [-0.05, 0) is 23.3 Å². The van der Waals surface area contributed by atoms with Gasteiger partial charge in [-0.2, -0.15) is 5.26 Å². The maximum absolute atomic E-state index is 13.9. The Morgan fingerprint density at radius 3 is 2.76 bits per heavy atom. The molecule has 1 aliphatic heterocycles. The number of pyridine rings is 1. The Balaban J connectivity index is 1.68. The highest BCUT2D eigenvalue weighted by Crippen LogP contribution is 2.31. The predicted molar refractivity (Wildman–Crippen MR) is 96.5 cm³/mol. The number of amides is 2. The van der Waals surface area contributed by atoms with Gasteiger partial charge in [0.1, 0.15) is 11.9 Å². The standard InChI is InChI=1S/C20H17F3N4O2/c21-17-4-2-1-3-13(17)7-14-10-25-6-5-16(14)19(29)26-11-18(28)27-12-20(22,23)8-15(27)9-24/h1-6,10,15H,7-8,11-12H2,(H,26,29). The second-order valence-corrected chi connectivity index (χ2v) is 6.71. The molecule has 0 saturated carbocycles. The van der Waals surface area contributed by atoms with Gasteiger partial charge in [0, 0.05) is 30.8 Å². The van der Waals surface area contributed by atoms with Crippen LogP contribution in [0, 0.1) is 17.1 Å². The van der Waals surface area contributed by atoms with Crippen LogP contribution >= 0.6 is 0 Å². The van der Waals surface area contributed by atoms with E-state index < -0.39 is 49.1 Å². The molecule has 1 aromatic heterocycles. The molecule has 0 radical (unpaired) electrons. The Kier molecular flexibility index (Phi) is 5.82. The van der Waals surface area contributed by atoms with Gasteiger partial charge < -0.3 is 10.2 Å². The van der Waals surface area contributed by atoms with Gasteiger partial charge in [-0.1, -0.05) is 18.2 Å². The molecule has 6 nitrogen and oxygen atoms in total. The molecule has 0 bridgehead atoms. The van der Waals surface area contributed by atoms with Gasteiger partial charge in [0.05, 0.1) is 19.2 Å². The Hall–Kier alpha value is -3.41. The minimum absolute atomic E-state index is 0.117. The molecule has 2 amide bonds. The van der Waals surface area contributed by atoms with Gasteiger partial charge in [0.25, 0.3) is 11.8 Å². The highest BCUT2D eigenvalue weighted by molar-refractivity contribution is 5.97. The first kappa shape index (κ1) is 20.3. The number of nitrogens with one attached hydrogen (secondary N) is 1. The summed E-state index contributed by atoms with van der Waals surface area (Å²) >= 11 is 0. The van der Waals surface area contributed by atoms with E-state index in [9.17, 15) is 22.8 Å². The van der Waals surface area contributed by atoms with Crippen LogP contribution in [0.25, 0.3) is 0 Å². The molecule has 3 rings (SSSR count). The van der Waals surface area contributed by atoms with Crippen LogP contribution < -0.4 is 5.32 Å². The number of halogens is 3. The van der Waals surface area contributed by atoms with E-state index in [4.69, 9.17) is 5.26 Å². The number of rotatable bonds is 5. The number of nitriles is 1. The Morgan fingerprint density at radius 2 is 2.03 bits per heavy atom. The van der Waals surface area contributed by atoms with Crippen molar-refractivity contribution in [2.45, 2.75) is 24.8 Å². The molecule has 0 aliphatic carbocycles. The predicted octanol–water partition coefficient (Wildman–Crippen LogP) is 2.30. The molecule has 150 valence electrons. The van der Waals surface area contributed by atoms with E-state index in [1.54, 1.807) is 24.3 Å². The lowest BCUT2D eigenvalue weighted by atomic mass is 10.0. The maximum atomic E-state index is 13.9. The average molecular weight is 402 g/mol. The molecule has 9 heteroatoms. The molecule has 1 N–H and O–H groups in total. The maximum Gasteiger partial charge on any atom is 0.268 e. The van der Waals surface area contributed by atoms with Gasteiger partial charge >= 0.3 is 0 Å². The molecule has 1 aromatic carbocycles. The fourth-order valence-electron chi connectivity index (χ4n) is 3.18. The molecule has 1 aliphatic rings. The van der Waals surface area contributed by atoms with Crippen molar-refractivity contribution in [2.24, 2.45) is 0 Å². The third-order valence-electron chi connectivity index (χ3n) is 4.63. The van der Waals surface area contributed by atoms with E-state index in [1.807, 2.05) is 0 Å². The summed E-state index contributed by atoms with van der Waals surface area (Å²) in [5.41, 5.74) is 1.02. The number of carbonyl (C=O) groups excluding carboxylic acids is 2. The summed E-state index contributed by atoms with van der Waals surface area (Å²) in [5, 5.41) is 11.4. The molecular weight excluding hydrogens is 385 g/mol. The Morgan fingerprint density at radius 1 is 1.28 bits per heavy atom. The smallest absolute Gasteiger partial charge is 0.268 e. The minimum Gasteiger partial charge on any atom is -0.343 e. The van der Waals surface area contributed by atoms with Crippen molar-refractivity contribution < 1.29 is 22.8 Å². The molecular formula is C20H17F3N4O2. The molecule has 2 heterocycles. The van der Waals surface area contributed by atoms with Crippen molar-refractivity contribution in [1.29, 1.82) is 5.26 Å². The van der Waals surface area contributed by atoms with Crippen molar-refractivity contribution in [3.8, 4) is 6.07 Å². The zero-order valence-corrected chi connectivity index (χ0v) is 15.2. The van der Waals surface area contributed by atoms with E-state index in [0.717, 1.165) is 4.90 Å².